The summed E-state index contributed by atoms with van der Waals surface area (Å²) in [5.74, 6) is -0.557. The standard InChI is InChI=1S/C13H18N2O4/c1-19-10-4-2-9(3-5-10)8-15-12(16)7-6-11(14)13(17)18/h2-5,11H,6-8,14H2,1H3,(H,15,16)(H,17,18). The summed E-state index contributed by atoms with van der Waals surface area (Å²) >= 11 is 0. The predicted molar refractivity (Wildman–Crippen MR) is 69.7 cm³/mol. The molecule has 19 heavy (non-hydrogen) atoms. The van der Waals surface area contributed by atoms with Gasteiger partial charge in [0.05, 0.1) is 7.11 Å². The minimum atomic E-state index is -1.09. The lowest BCUT2D eigenvalue weighted by Gasteiger charge is -2.08. The lowest BCUT2D eigenvalue weighted by molar-refractivity contribution is -0.138. The number of carbonyl (C=O) groups excluding carboxylic acids is 1. The number of hydrogen-bond donors (Lipinski definition) is 3. The molecule has 0 saturated carbocycles. The van der Waals surface area contributed by atoms with Crippen molar-refractivity contribution in [2.75, 3.05) is 7.11 Å². The van der Waals surface area contributed by atoms with Crippen LogP contribution in [0.3, 0.4) is 0 Å². The molecule has 0 aliphatic carbocycles. The molecule has 0 spiro atoms. The van der Waals surface area contributed by atoms with E-state index in [1.807, 2.05) is 24.3 Å². The third kappa shape index (κ3) is 5.39. The number of nitrogens with one attached hydrogen (secondary N) is 1. The van der Waals surface area contributed by atoms with Crippen molar-refractivity contribution in [2.24, 2.45) is 5.73 Å². The van der Waals surface area contributed by atoms with Gasteiger partial charge in [-0.2, -0.15) is 0 Å². The molecule has 0 bridgehead atoms. The number of carboxylic acid groups (broad SMARTS) is 1. The minimum Gasteiger partial charge on any atom is -0.497 e. The molecule has 0 radical (unpaired) electrons. The number of ether oxygens (including phenoxy) is 1. The van der Waals surface area contributed by atoms with Crippen LogP contribution in [0.25, 0.3) is 0 Å². The van der Waals surface area contributed by atoms with Crippen molar-refractivity contribution >= 4 is 11.9 Å². The fraction of sp³-hybridized carbons (Fsp3) is 0.385. The van der Waals surface area contributed by atoms with Crippen molar-refractivity contribution in [3.8, 4) is 5.75 Å². The van der Waals surface area contributed by atoms with Gasteiger partial charge in [-0.15, -0.1) is 0 Å². The maximum Gasteiger partial charge on any atom is 0.320 e. The molecule has 4 N–H and O–H groups in total. The third-order valence-corrected chi connectivity index (χ3v) is 2.65. The molecule has 0 aliphatic heterocycles. The molecule has 1 atom stereocenters. The zero-order valence-electron chi connectivity index (χ0n) is 10.8. The van der Waals surface area contributed by atoms with Crippen molar-refractivity contribution in [3.05, 3.63) is 29.8 Å². The highest BCUT2D eigenvalue weighted by Crippen LogP contribution is 2.10. The number of amides is 1. The van der Waals surface area contributed by atoms with Gasteiger partial charge in [0.25, 0.3) is 0 Å². The molecular weight excluding hydrogens is 248 g/mol. The van der Waals surface area contributed by atoms with Crippen molar-refractivity contribution < 1.29 is 19.4 Å². The molecule has 0 heterocycles. The molecular formula is C13H18N2O4. The molecule has 0 aromatic heterocycles. The van der Waals surface area contributed by atoms with Gasteiger partial charge in [-0.3, -0.25) is 9.59 Å². The monoisotopic (exact) mass is 266 g/mol. The van der Waals surface area contributed by atoms with E-state index in [1.54, 1.807) is 7.11 Å². The summed E-state index contributed by atoms with van der Waals surface area (Å²) in [6.45, 7) is 0.394. The Kier molecular flexibility index (Phi) is 5.81. The summed E-state index contributed by atoms with van der Waals surface area (Å²) in [4.78, 5) is 22.0. The minimum absolute atomic E-state index is 0.101. The van der Waals surface area contributed by atoms with E-state index >= 15 is 0 Å². The highest BCUT2D eigenvalue weighted by Gasteiger charge is 2.13. The van der Waals surface area contributed by atoms with Crippen molar-refractivity contribution in [2.45, 2.75) is 25.4 Å². The molecule has 0 saturated heterocycles. The van der Waals surface area contributed by atoms with Gasteiger partial charge in [-0.05, 0) is 24.1 Å². The SMILES string of the molecule is COc1ccc(CNC(=O)CCC(N)C(=O)O)cc1. The van der Waals surface area contributed by atoms with E-state index in [0.717, 1.165) is 11.3 Å². The molecule has 0 fully saturated rings. The van der Waals surface area contributed by atoms with Crippen molar-refractivity contribution in [3.63, 3.8) is 0 Å². The smallest absolute Gasteiger partial charge is 0.320 e. The van der Waals surface area contributed by atoms with Crippen LogP contribution in [0.4, 0.5) is 0 Å². The van der Waals surface area contributed by atoms with Gasteiger partial charge in [0, 0.05) is 13.0 Å². The van der Waals surface area contributed by atoms with Gasteiger partial charge in [-0.1, -0.05) is 12.1 Å². The van der Waals surface area contributed by atoms with E-state index in [-0.39, 0.29) is 18.7 Å². The van der Waals surface area contributed by atoms with Gasteiger partial charge >= 0.3 is 5.97 Å². The Morgan fingerprint density at radius 3 is 2.53 bits per heavy atom. The average Bonchev–Trinajstić information content (AvgIpc) is 2.42. The van der Waals surface area contributed by atoms with Gasteiger partial charge in [0.2, 0.25) is 5.91 Å². The van der Waals surface area contributed by atoms with Crippen LogP contribution in [0.5, 0.6) is 5.75 Å². The number of carboxylic acids is 1. The number of benzene rings is 1. The average molecular weight is 266 g/mol. The number of rotatable bonds is 7. The Hall–Kier alpha value is -2.08. The highest BCUT2D eigenvalue weighted by molar-refractivity contribution is 5.78. The molecule has 0 aliphatic rings. The normalized spacial score (nSPS) is 11.7. The number of aliphatic carboxylic acids is 1. The van der Waals surface area contributed by atoms with E-state index in [2.05, 4.69) is 5.32 Å². The molecule has 6 nitrogen and oxygen atoms in total. The summed E-state index contributed by atoms with van der Waals surface area (Å²) in [5, 5.41) is 11.3. The van der Waals surface area contributed by atoms with Crippen LogP contribution < -0.4 is 15.8 Å². The van der Waals surface area contributed by atoms with E-state index < -0.39 is 12.0 Å². The fourth-order valence-corrected chi connectivity index (χ4v) is 1.44. The second-order valence-electron chi connectivity index (χ2n) is 4.11. The molecule has 104 valence electrons. The van der Waals surface area contributed by atoms with E-state index in [9.17, 15) is 9.59 Å². The van der Waals surface area contributed by atoms with Crippen LogP contribution in [0, 0.1) is 0 Å². The zero-order valence-corrected chi connectivity index (χ0v) is 10.8. The van der Waals surface area contributed by atoms with Gasteiger partial charge in [0.15, 0.2) is 0 Å². The van der Waals surface area contributed by atoms with Crippen molar-refractivity contribution in [1.82, 2.24) is 5.32 Å². The highest BCUT2D eigenvalue weighted by atomic mass is 16.5. The lowest BCUT2D eigenvalue weighted by Crippen LogP contribution is -2.32. The van der Waals surface area contributed by atoms with Gasteiger partial charge < -0.3 is 20.9 Å². The first-order valence-electron chi connectivity index (χ1n) is 5.91. The Morgan fingerprint density at radius 2 is 2.00 bits per heavy atom. The van der Waals surface area contributed by atoms with E-state index in [1.165, 1.54) is 0 Å². The first-order valence-corrected chi connectivity index (χ1v) is 5.91. The second kappa shape index (κ2) is 7.38. The first kappa shape index (κ1) is 15.0. The molecule has 1 unspecified atom stereocenters. The predicted octanol–water partition coefficient (Wildman–Crippen LogP) is 0.503. The van der Waals surface area contributed by atoms with Crippen molar-refractivity contribution in [1.29, 1.82) is 0 Å². The fourth-order valence-electron chi connectivity index (χ4n) is 1.44. The Bertz CT molecular complexity index is 431. The van der Waals surface area contributed by atoms with Crippen LogP contribution in [0.15, 0.2) is 24.3 Å². The maximum absolute atomic E-state index is 11.5. The number of carbonyl (C=O) groups is 2. The number of hydrogen-bond acceptors (Lipinski definition) is 4. The van der Waals surface area contributed by atoms with Gasteiger partial charge in [0.1, 0.15) is 11.8 Å². The molecule has 6 heteroatoms. The largest absolute Gasteiger partial charge is 0.497 e. The zero-order chi connectivity index (χ0) is 14.3. The maximum atomic E-state index is 11.5. The third-order valence-electron chi connectivity index (χ3n) is 2.65. The first-order chi connectivity index (χ1) is 9.02. The Morgan fingerprint density at radius 1 is 1.37 bits per heavy atom. The lowest BCUT2D eigenvalue weighted by atomic mass is 10.1. The van der Waals surface area contributed by atoms with Crippen LogP contribution in [0.2, 0.25) is 0 Å². The van der Waals surface area contributed by atoms with Crippen LogP contribution in [0.1, 0.15) is 18.4 Å². The Labute approximate surface area is 111 Å². The second-order valence-corrected chi connectivity index (χ2v) is 4.11. The summed E-state index contributed by atoms with van der Waals surface area (Å²) in [7, 11) is 1.59. The van der Waals surface area contributed by atoms with Crippen LogP contribution in [-0.4, -0.2) is 30.1 Å². The topological polar surface area (TPSA) is 102 Å². The number of nitrogens with two attached hydrogens (primary N) is 1. The van der Waals surface area contributed by atoms with E-state index in [0.29, 0.717) is 6.54 Å². The molecule has 1 aromatic carbocycles. The molecule has 1 amide bonds. The van der Waals surface area contributed by atoms with E-state index in [4.69, 9.17) is 15.6 Å². The summed E-state index contributed by atoms with van der Waals surface area (Å²) < 4.78 is 5.03. The van der Waals surface area contributed by atoms with Crippen LogP contribution in [-0.2, 0) is 16.1 Å². The van der Waals surface area contributed by atoms with Crippen LogP contribution >= 0.6 is 0 Å². The summed E-state index contributed by atoms with van der Waals surface area (Å²) in [6.07, 6.45) is 0.230. The summed E-state index contributed by atoms with van der Waals surface area (Å²) in [5.41, 5.74) is 6.25. The Balaban J connectivity index is 2.31. The quantitative estimate of drug-likeness (QED) is 0.667. The van der Waals surface area contributed by atoms with Gasteiger partial charge in [-0.25, -0.2) is 0 Å². The summed E-state index contributed by atoms with van der Waals surface area (Å²) in [6, 6.07) is 6.32. The molecule has 1 rings (SSSR count). The molecule has 1 aromatic rings. The number of methoxy groups -OCH3 is 1.